The second kappa shape index (κ2) is 7.04. The Kier molecular flexibility index (Phi) is 4.92. The molecule has 0 aromatic rings. The van der Waals surface area contributed by atoms with E-state index < -0.39 is 5.41 Å². The minimum atomic E-state index is -0.492. The van der Waals surface area contributed by atoms with Crippen LogP contribution in [0.15, 0.2) is 22.8 Å². The van der Waals surface area contributed by atoms with Crippen LogP contribution in [0.4, 0.5) is 0 Å². The summed E-state index contributed by atoms with van der Waals surface area (Å²) in [6, 6.07) is 0. The zero-order chi connectivity index (χ0) is 23.2. The summed E-state index contributed by atoms with van der Waals surface area (Å²) in [5.41, 5.74) is 0.440. The molecule has 3 fully saturated rings. The molecule has 174 valence electrons. The fraction of sp³-hybridized carbons (Fsp3) is 0.741. The Balaban J connectivity index is 1.67. The number of hydrogen-bond donors (Lipinski definition) is 0. The third-order valence-electron chi connectivity index (χ3n) is 10.4. The van der Waals surface area contributed by atoms with Gasteiger partial charge in [0.15, 0.2) is 11.6 Å². The van der Waals surface area contributed by atoms with E-state index in [1.807, 2.05) is 0 Å². The molecule has 0 aromatic carbocycles. The van der Waals surface area contributed by atoms with Gasteiger partial charge in [0.1, 0.15) is 0 Å². The minimum absolute atomic E-state index is 0.0315. The normalized spacial score (nSPS) is 47.3. The van der Waals surface area contributed by atoms with Crippen molar-refractivity contribution in [1.82, 2.24) is 0 Å². The number of rotatable bonds is 2. The van der Waals surface area contributed by atoms with E-state index in [2.05, 4.69) is 33.8 Å². The van der Waals surface area contributed by atoms with Gasteiger partial charge in [-0.3, -0.25) is 14.4 Å². The Morgan fingerprint density at radius 1 is 1.16 bits per heavy atom. The first-order chi connectivity index (χ1) is 15.0. The van der Waals surface area contributed by atoms with Crippen molar-refractivity contribution < 1.29 is 19.1 Å². The van der Waals surface area contributed by atoms with Gasteiger partial charge in [-0.1, -0.05) is 50.4 Å². The van der Waals surface area contributed by atoms with Crippen molar-refractivity contribution in [2.75, 3.05) is 7.11 Å². The molecule has 2 bridgehead atoms. The number of allylic oxidation sites excluding steroid dienone is 4. The molecule has 0 radical (unpaired) electrons. The van der Waals surface area contributed by atoms with Crippen molar-refractivity contribution in [1.29, 1.82) is 0 Å². The van der Waals surface area contributed by atoms with Crippen LogP contribution in [0.5, 0.6) is 0 Å². The highest BCUT2D eigenvalue weighted by Crippen LogP contribution is 2.74. The van der Waals surface area contributed by atoms with Gasteiger partial charge in [-0.05, 0) is 68.1 Å². The van der Waals surface area contributed by atoms with E-state index in [1.165, 1.54) is 18.8 Å². The molecule has 6 aliphatic carbocycles. The average molecular weight is 459 g/mol. The van der Waals surface area contributed by atoms with Crippen LogP contribution < -0.4 is 0 Å². The van der Waals surface area contributed by atoms with E-state index in [-0.39, 0.29) is 63.0 Å². The lowest BCUT2D eigenvalue weighted by molar-refractivity contribution is -0.199. The summed E-state index contributed by atoms with van der Waals surface area (Å²) >= 11 is 6.33. The molecule has 0 saturated heterocycles. The molecule has 3 saturated carbocycles. The van der Waals surface area contributed by atoms with E-state index in [4.69, 9.17) is 16.3 Å². The highest BCUT2D eigenvalue weighted by molar-refractivity contribution is 6.45. The fourth-order valence-electron chi connectivity index (χ4n) is 9.29. The van der Waals surface area contributed by atoms with Crippen LogP contribution in [0.3, 0.4) is 0 Å². The lowest BCUT2D eigenvalue weighted by atomic mass is 9.33. The fourth-order valence-corrected chi connectivity index (χ4v) is 9.52. The minimum Gasteiger partial charge on any atom is -0.469 e. The Bertz CT molecular complexity index is 963. The number of methoxy groups -OCH3 is 1. The largest absolute Gasteiger partial charge is 0.469 e. The highest BCUT2D eigenvalue weighted by Gasteiger charge is 2.71. The summed E-state index contributed by atoms with van der Waals surface area (Å²) in [4.78, 5) is 39.7. The molecule has 6 rings (SSSR count). The van der Waals surface area contributed by atoms with Gasteiger partial charge >= 0.3 is 5.97 Å². The van der Waals surface area contributed by atoms with E-state index in [0.717, 1.165) is 38.5 Å². The lowest BCUT2D eigenvalue weighted by Crippen LogP contribution is -2.67. The van der Waals surface area contributed by atoms with Gasteiger partial charge in [-0.15, -0.1) is 0 Å². The second-order valence-electron chi connectivity index (χ2n) is 11.9. The molecular weight excluding hydrogens is 424 g/mol. The van der Waals surface area contributed by atoms with Crippen LogP contribution in [-0.2, 0) is 19.1 Å². The van der Waals surface area contributed by atoms with Gasteiger partial charge < -0.3 is 4.74 Å². The molecule has 32 heavy (non-hydrogen) atoms. The van der Waals surface area contributed by atoms with Gasteiger partial charge in [0.05, 0.1) is 17.6 Å². The maximum Gasteiger partial charge on any atom is 0.311 e. The summed E-state index contributed by atoms with van der Waals surface area (Å²) in [5.74, 6) is 0.180. The van der Waals surface area contributed by atoms with Crippen molar-refractivity contribution in [3.63, 3.8) is 0 Å². The molecule has 0 aliphatic heterocycles. The van der Waals surface area contributed by atoms with Crippen LogP contribution in [0.2, 0.25) is 0 Å². The molecule has 6 aliphatic rings. The standard InChI is InChI=1S/C27H35ClO4/c1-14(2)16-13-27-10-7-19-25(3,8-6-9-26(19,4)24(31)32-5)20(27)11-15(16)21-18(29)12-17(28)23(30)22(21)27/h12-15,19-22H,6-11H2,1-5H3. The van der Waals surface area contributed by atoms with Crippen molar-refractivity contribution in [3.05, 3.63) is 22.8 Å². The molecular formula is C27H35ClO4. The first kappa shape index (κ1) is 22.4. The summed E-state index contributed by atoms with van der Waals surface area (Å²) in [6.45, 7) is 8.85. The number of fused-ring (bicyclic) bond motifs is 1. The maximum atomic E-state index is 13.5. The summed E-state index contributed by atoms with van der Waals surface area (Å²) in [5, 5.41) is 0.103. The van der Waals surface area contributed by atoms with Gasteiger partial charge in [0, 0.05) is 23.3 Å². The lowest BCUT2D eigenvalue weighted by Gasteiger charge is -2.69. The van der Waals surface area contributed by atoms with Crippen LogP contribution in [0.1, 0.15) is 66.2 Å². The number of halogens is 1. The number of ketones is 2. The highest BCUT2D eigenvalue weighted by atomic mass is 35.5. The molecule has 5 heteroatoms. The van der Waals surface area contributed by atoms with Crippen molar-refractivity contribution in [3.8, 4) is 0 Å². The zero-order valence-corrected chi connectivity index (χ0v) is 20.6. The topological polar surface area (TPSA) is 60.4 Å². The van der Waals surface area contributed by atoms with E-state index in [1.54, 1.807) is 0 Å². The van der Waals surface area contributed by atoms with Crippen LogP contribution in [-0.4, -0.2) is 24.6 Å². The van der Waals surface area contributed by atoms with Gasteiger partial charge in [-0.25, -0.2) is 0 Å². The molecule has 8 unspecified atom stereocenters. The first-order valence-corrected chi connectivity index (χ1v) is 12.7. The Hall–Kier alpha value is -1.42. The predicted molar refractivity (Wildman–Crippen MR) is 123 cm³/mol. The Morgan fingerprint density at radius 2 is 1.88 bits per heavy atom. The van der Waals surface area contributed by atoms with Crippen LogP contribution in [0, 0.1) is 51.8 Å². The third-order valence-corrected chi connectivity index (χ3v) is 10.7. The summed E-state index contributed by atoms with van der Waals surface area (Å²) < 4.78 is 5.29. The molecule has 8 atom stereocenters. The number of hydrogen-bond acceptors (Lipinski definition) is 4. The van der Waals surface area contributed by atoms with E-state index >= 15 is 0 Å². The Labute approximate surface area is 196 Å². The van der Waals surface area contributed by atoms with Gasteiger partial charge in [0.25, 0.3) is 0 Å². The molecule has 4 nitrogen and oxygen atoms in total. The predicted octanol–water partition coefficient (Wildman–Crippen LogP) is 5.49. The van der Waals surface area contributed by atoms with E-state index in [0.29, 0.717) is 5.92 Å². The SMILES string of the molecule is COC(=O)C1(C)CCCC2(C)C1CCC13C=C(C(C)C)C(CC21)C1C(=O)C=C(Cl)C(=O)C13. The monoisotopic (exact) mass is 458 g/mol. The zero-order valence-electron chi connectivity index (χ0n) is 19.9. The van der Waals surface area contributed by atoms with E-state index in [9.17, 15) is 14.4 Å². The number of carbonyl (C=O) groups excluding carboxylic acids is 3. The number of esters is 1. The van der Waals surface area contributed by atoms with Crippen LogP contribution in [0.25, 0.3) is 0 Å². The second-order valence-corrected chi connectivity index (χ2v) is 12.3. The van der Waals surface area contributed by atoms with Crippen molar-refractivity contribution >= 4 is 29.1 Å². The molecule has 1 spiro atoms. The molecule has 0 amide bonds. The maximum absolute atomic E-state index is 13.5. The molecule has 0 aromatic heterocycles. The smallest absolute Gasteiger partial charge is 0.311 e. The molecule has 0 heterocycles. The number of Topliss-reactive ketones (excluding diaryl/α,β-unsaturated/α-hetero) is 1. The summed E-state index contributed by atoms with van der Waals surface area (Å²) in [7, 11) is 1.50. The first-order valence-electron chi connectivity index (χ1n) is 12.3. The van der Waals surface area contributed by atoms with Gasteiger partial charge in [0.2, 0.25) is 0 Å². The van der Waals surface area contributed by atoms with Crippen molar-refractivity contribution in [2.24, 2.45) is 51.8 Å². The number of ether oxygens (including phenoxy) is 1. The van der Waals surface area contributed by atoms with Crippen LogP contribution >= 0.6 is 11.6 Å². The average Bonchev–Trinajstić information content (AvgIpc) is 2.75. The quantitative estimate of drug-likeness (QED) is 0.405. The summed E-state index contributed by atoms with van der Waals surface area (Å²) in [6.07, 6.45) is 9.33. The van der Waals surface area contributed by atoms with Crippen molar-refractivity contribution in [2.45, 2.75) is 66.2 Å². The number of carbonyl (C=O) groups is 3. The molecule has 0 N–H and O–H groups in total. The third kappa shape index (κ3) is 2.59. The van der Waals surface area contributed by atoms with Gasteiger partial charge in [-0.2, -0.15) is 0 Å². The Morgan fingerprint density at radius 3 is 2.53 bits per heavy atom.